The van der Waals surface area contributed by atoms with Gasteiger partial charge in [-0.3, -0.25) is 0 Å². The number of phenols is 1. The minimum atomic E-state index is -3.58. The van der Waals surface area contributed by atoms with Crippen molar-refractivity contribution in [3.8, 4) is 5.75 Å². The molecule has 6 nitrogen and oxygen atoms in total. The fraction of sp³-hybridized carbons (Fsp3) is 0.250. The third kappa shape index (κ3) is 2.77. The zero-order valence-corrected chi connectivity index (χ0v) is 11.5. The molecule has 1 aromatic carbocycles. The Hall–Kier alpha value is -1.86. The monoisotopic (exact) mass is 281 g/mol. The maximum Gasteiger partial charge on any atom is 0.243 e. The van der Waals surface area contributed by atoms with E-state index >= 15 is 0 Å². The summed E-state index contributed by atoms with van der Waals surface area (Å²) in [5.74, 6) is 0.690. The van der Waals surface area contributed by atoms with E-state index in [2.05, 4.69) is 4.98 Å². The Balaban J connectivity index is 2.24. The Morgan fingerprint density at radius 2 is 1.95 bits per heavy atom. The average molecular weight is 281 g/mol. The number of imidazole rings is 1. The largest absolute Gasteiger partial charge is 0.508 e. The van der Waals surface area contributed by atoms with E-state index < -0.39 is 10.0 Å². The van der Waals surface area contributed by atoms with E-state index in [0.29, 0.717) is 5.82 Å². The molecule has 0 bridgehead atoms. The molecule has 0 atom stereocenters. The summed E-state index contributed by atoms with van der Waals surface area (Å²) < 4.78 is 27.6. The number of aryl methyl sites for hydroxylation is 1. The molecule has 0 aliphatic rings. The van der Waals surface area contributed by atoms with E-state index in [0.717, 1.165) is 0 Å². The van der Waals surface area contributed by atoms with Crippen LogP contribution in [0.3, 0.4) is 0 Å². The molecule has 2 rings (SSSR count). The Bertz CT molecular complexity index is 662. The second-order valence-corrected chi connectivity index (χ2v) is 6.25. The SMILES string of the molecule is CN(Cc1nccn1C)S(=O)(=O)c1ccc(O)cc1. The molecular formula is C12H15N3O3S. The zero-order valence-electron chi connectivity index (χ0n) is 10.7. The Morgan fingerprint density at radius 1 is 1.32 bits per heavy atom. The van der Waals surface area contributed by atoms with Gasteiger partial charge >= 0.3 is 0 Å². The third-order valence-corrected chi connectivity index (χ3v) is 4.65. The standard InChI is InChI=1S/C12H15N3O3S/c1-14-8-7-13-12(14)9-15(2)19(17,18)11-5-3-10(16)4-6-11/h3-8,16H,9H2,1-2H3. The van der Waals surface area contributed by atoms with Crippen molar-refractivity contribution in [2.75, 3.05) is 7.05 Å². The summed E-state index contributed by atoms with van der Waals surface area (Å²) in [4.78, 5) is 4.23. The van der Waals surface area contributed by atoms with Crippen molar-refractivity contribution in [1.29, 1.82) is 0 Å². The first-order valence-electron chi connectivity index (χ1n) is 5.63. The van der Waals surface area contributed by atoms with Gasteiger partial charge in [-0.05, 0) is 24.3 Å². The molecule has 0 aliphatic carbocycles. The smallest absolute Gasteiger partial charge is 0.243 e. The van der Waals surface area contributed by atoms with Gasteiger partial charge in [0, 0.05) is 26.5 Å². The number of aromatic hydroxyl groups is 1. The van der Waals surface area contributed by atoms with Crippen molar-refractivity contribution in [2.24, 2.45) is 7.05 Å². The number of sulfonamides is 1. The molecule has 0 saturated heterocycles. The van der Waals surface area contributed by atoms with Gasteiger partial charge in [-0.25, -0.2) is 13.4 Å². The van der Waals surface area contributed by atoms with Crippen molar-refractivity contribution in [2.45, 2.75) is 11.4 Å². The van der Waals surface area contributed by atoms with Crippen molar-refractivity contribution >= 4 is 10.0 Å². The molecule has 2 aromatic rings. The fourth-order valence-corrected chi connectivity index (χ4v) is 2.76. The fourth-order valence-electron chi connectivity index (χ4n) is 1.63. The van der Waals surface area contributed by atoms with E-state index in [9.17, 15) is 13.5 Å². The van der Waals surface area contributed by atoms with E-state index in [1.807, 2.05) is 7.05 Å². The summed E-state index contributed by atoms with van der Waals surface area (Å²) in [5, 5.41) is 9.18. The number of phenolic OH excluding ortho intramolecular Hbond substituents is 1. The molecule has 1 aromatic heterocycles. The Labute approximate surface area is 112 Å². The molecule has 0 saturated carbocycles. The zero-order chi connectivity index (χ0) is 14.0. The first-order valence-corrected chi connectivity index (χ1v) is 7.07. The lowest BCUT2D eigenvalue weighted by Gasteiger charge is -2.16. The summed E-state index contributed by atoms with van der Waals surface area (Å²) in [6.45, 7) is 0.187. The van der Waals surface area contributed by atoms with E-state index in [1.165, 1.54) is 35.6 Å². The number of benzene rings is 1. The minimum absolute atomic E-state index is 0.0331. The number of hydrogen-bond donors (Lipinski definition) is 1. The van der Waals surface area contributed by atoms with Crippen molar-refractivity contribution in [1.82, 2.24) is 13.9 Å². The molecule has 0 unspecified atom stereocenters. The first-order chi connectivity index (χ1) is 8.91. The molecule has 0 aliphatic heterocycles. The molecule has 0 spiro atoms. The lowest BCUT2D eigenvalue weighted by Crippen LogP contribution is -2.27. The molecule has 102 valence electrons. The van der Waals surface area contributed by atoms with Crippen LogP contribution in [0.15, 0.2) is 41.6 Å². The molecule has 7 heteroatoms. The molecule has 1 heterocycles. The molecular weight excluding hydrogens is 266 g/mol. The van der Waals surface area contributed by atoms with Crippen LogP contribution in [-0.4, -0.2) is 34.4 Å². The predicted octanol–water partition coefficient (Wildman–Crippen LogP) is 0.946. The van der Waals surface area contributed by atoms with Crippen LogP contribution in [0.25, 0.3) is 0 Å². The molecule has 0 radical (unpaired) electrons. The van der Waals surface area contributed by atoms with Gasteiger partial charge in [0.25, 0.3) is 0 Å². The maximum absolute atomic E-state index is 12.3. The lowest BCUT2D eigenvalue weighted by atomic mass is 10.3. The lowest BCUT2D eigenvalue weighted by molar-refractivity contribution is 0.450. The average Bonchev–Trinajstić information content (AvgIpc) is 2.75. The van der Waals surface area contributed by atoms with Gasteiger partial charge in [0.15, 0.2) is 0 Å². The van der Waals surface area contributed by atoms with Gasteiger partial charge in [0.1, 0.15) is 11.6 Å². The number of aromatic nitrogens is 2. The van der Waals surface area contributed by atoms with Crippen LogP contribution in [0.1, 0.15) is 5.82 Å². The van der Waals surface area contributed by atoms with Crippen LogP contribution in [-0.2, 0) is 23.6 Å². The van der Waals surface area contributed by atoms with E-state index in [4.69, 9.17) is 0 Å². The highest BCUT2D eigenvalue weighted by molar-refractivity contribution is 7.89. The van der Waals surface area contributed by atoms with Gasteiger partial charge in [-0.2, -0.15) is 4.31 Å². The second kappa shape index (κ2) is 5.02. The Morgan fingerprint density at radius 3 is 2.47 bits per heavy atom. The maximum atomic E-state index is 12.3. The van der Waals surface area contributed by atoms with Gasteiger partial charge < -0.3 is 9.67 Å². The summed E-state index contributed by atoms with van der Waals surface area (Å²) in [6, 6.07) is 5.45. The highest BCUT2D eigenvalue weighted by atomic mass is 32.2. The van der Waals surface area contributed by atoms with Gasteiger partial charge in [-0.1, -0.05) is 0 Å². The summed E-state index contributed by atoms with van der Waals surface area (Å²) in [5.41, 5.74) is 0. The van der Waals surface area contributed by atoms with Gasteiger partial charge in [0.05, 0.1) is 11.4 Å². The van der Waals surface area contributed by atoms with Crippen LogP contribution >= 0.6 is 0 Å². The van der Waals surface area contributed by atoms with Crippen molar-refractivity contribution in [3.05, 3.63) is 42.5 Å². The highest BCUT2D eigenvalue weighted by Gasteiger charge is 2.21. The topological polar surface area (TPSA) is 75.4 Å². The number of rotatable bonds is 4. The van der Waals surface area contributed by atoms with E-state index in [-0.39, 0.29) is 17.2 Å². The van der Waals surface area contributed by atoms with Crippen LogP contribution in [0.5, 0.6) is 5.75 Å². The summed E-state index contributed by atoms with van der Waals surface area (Å²) in [7, 11) is -0.274. The summed E-state index contributed by atoms with van der Waals surface area (Å²) in [6.07, 6.45) is 3.38. The quantitative estimate of drug-likeness (QED) is 0.905. The Kier molecular flexibility index (Phi) is 3.59. The van der Waals surface area contributed by atoms with Gasteiger partial charge in [-0.15, -0.1) is 0 Å². The van der Waals surface area contributed by atoms with Crippen molar-refractivity contribution < 1.29 is 13.5 Å². The normalized spacial score (nSPS) is 11.9. The molecule has 0 amide bonds. The van der Waals surface area contributed by atoms with Crippen LogP contribution < -0.4 is 0 Å². The number of hydrogen-bond acceptors (Lipinski definition) is 4. The first kappa shape index (κ1) is 13.6. The highest BCUT2D eigenvalue weighted by Crippen LogP contribution is 2.18. The van der Waals surface area contributed by atoms with Crippen LogP contribution in [0.4, 0.5) is 0 Å². The minimum Gasteiger partial charge on any atom is -0.508 e. The van der Waals surface area contributed by atoms with Crippen molar-refractivity contribution in [3.63, 3.8) is 0 Å². The second-order valence-electron chi connectivity index (χ2n) is 4.21. The third-order valence-electron chi connectivity index (χ3n) is 2.83. The summed E-state index contributed by atoms with van der Waals surface area (Å²) >= 11 is 0. The molecule has 0 fully saturated rings. The predicted molar refractivity (Wildman–Crippen MR) is 70.0 cm³/mol. The molecule has 1 N–H and O–H groups in total. The van der Waals surface area contributed by atoms with Gasteiger partial charge in [0.2, 0.25) is 10.0 Å². The van der Waals surface area contributed by atoms with E-state index in [1.54, 1.807) is 17.0 Å². The number of nitrogens with zero attached hydrogens (tertiary/aromatic N) is 3. The molecule has 19 heavy (non-hydrogen) atoms. The van der Waals surface area contributed by atoms with Crippen LogP contribution in [0.2, 0.25) is 0 Å². The van der Waals surface area contributed by atoms with Crippen LogP contribution in [0, 0.1) is 0 Å².